The second kappa shape index (κ2) is 6.14. The van der Waals surface area contributed by atoms with Gasteiger partial charge in [0.1, 0.15) is 5.82 Å². The first-order chi connectivity index (χ1) is 11.0. The van der Waals surface area contributed by atoms with E-state index in [-0.39, 0.29) is 11.5 Å². The predicted octanol–water partition coefficient (Wildman–Crippen LogP) is 4.29. The maximum absolute atomic E-state index is 13.8. The second-order valence-corrected chi connectivity index (χ2v) is 6.02. The quantitative estimate of drug-likeness (QED) is 0.693. The normalized spacial score (nSPS) is 10.9. The van der Waals surface area contributed by atoms with Gasteiger partial charge in [0.2, 0.25) is 0 Å². The fourth-order valence-corrected chi connectivity index (χ4v) is 2.84. The second-order valence-electron chi connectivity index (χ2n) is 5.21. The molecule has 118 valence electrons. The van der Waals surface area contributed by atoms with Crippen LogP contribution in [0.2, 0.25) is 5.02 Å². The van der Waals surface area contributed by atoms with Crippen molar-refractivity contribution in [1.82, 2.24) is 14.9 Å². The molecular formula is C16H13ClFN3OS. The van der Waals surface area contributed by atoms with Gasteiger partial charge in [0, 0.05) is 18.6 Å². The summed E-state index contributed by atoms with van der Waals surface area (Å²) < 4.78 is 14.1. The molecule has 23 heavy (non-hydrogen) atoms. The summed E-state index contributed by atoms with van der Waals surface area (Å²) in [5.41, 5.74) is 2.00. The molecule has 0 aliphatic rings. The highest BCUT2D eigenvalue weighted by molar-refractivity contribution is 7.71. The number of fused-ring (bicyclic) bond motifs is 1. The molecule has 3 rings (SSSR count). The molecule has 2 N–H and O–H groups in total. The van der Waals surface area contributed by atoms with Crippen molar-refractivity contribution in [2.24, 2.45) is 0 Å². The average molecular weight is 350 g/mol. The van der Waals surface area contributed by atoms with Crippen LogP contribution in [0.15, 0.2) is 36.4 Å². The van der Waals surface area contributed by atoms with Gasteiger partial charge < -0.3 is 14.9 Å². The molecule has 0 atom stereocenters. The number of H-pyrrole nitrogens is 2. The Morgan fingerprint density at radius 3 is 2.78 bits per heavy atom. The molecule has 0 aliphatic heterocycles. The van der Waals surface area contributed by atoms with Gasteiger partial charge >= 0.3 is 0 Å². The van der Waals surface area contributed by atoms with E-state index < -0.39 is 5.82 Å². The number of carbonyl (C=O) groups is 1. The first-order valence-corrected chi connectivity index (χ1v) is 7.65. The van der Waals surface area contributed by atoms with Gasteiger partial charge in [-0.1, -0.05) is 29.8 Å². The Morgan fingerprint density at radius 1 is 1.30 bits per heavy atom. The fraction of sp³-hybridized carbons (Fsp3) is 0.125. The first-order valence-electron chi connectivity index (χ1n) is 6.86. The molecule has 0 saturated heterocycles. The van der Waals surface area contributed by atoms with Crippen LogP contribution in [0.3, 0.4) is 0 Å². The van der Waals surface area contributed by atoms with Gasteiger partial charge in [0.25, 0.3) is 5.91 Å². The van der Waals surface area contributed by atoms with E-state index in [9.17, 15) is 9.18 Å². The smallest absolute Gasteiger partial charge is 0.256 e. The zero-order valence-corrected chi connectivity index (χ0v) is 13.8. The van der Waals surface area contributed by atoms with Gasteiger partial charge in [-0.3, -0.25) is 4.79 Å². The van der Waals surface area contributed by atoms with Crippen LogP contribution >= 0.6 is 23.8 Å². The minimum absolute atomic E-state index is 0.224. The summed E-state index contributed by atoms with van der Waals surface area (Å²) in [5.74, 6) is -0.822. The summed E-state index contributed by atoms with van der Waals surface area (Å²) in [6.07, 6.45) is 0. The molecule has 1 amide bonds. The van der Waals surface area contributed by atoms with E-state index in [2.05, 4.69) is 9.97 Å². The van der Waals surface area contributed by atoms with E-state index in [1.54, 1.807) is 13.1 Å². The van der Waals surface area contributed by atoms with E-state index in [0.29, 0.717) is 27.4 Å². The van der Waals surface area contributed by atoms with Crippen LogP contribution in [-0.2, 0) is 6.54 Å². The molecule has 0 spiro atoms. The number of aromatic amines is 2. The Morgan fingerprint density at radius 2 is 2.04 bits per heavy atom. The molecule has 1 heterocycles. The summed E-state index contributed by atoms with van der Waals surface area (Å²) >= 11 is 11.1. The number of amides is 1. The molecule has 0 bridgehead atoms. The number of halogens is 2. The molecular weight excluding hydrogens is 337 g/mol. The van der Waals surface area contributed by atoms with E-state index in [1.807, 2.05) is 18.2 Å². The minimum Gasteiger partial charge on any atom is -0.337 e. The number of imidazole rings is 1. The van der Waals surface area contributed by atoms with E-state index in [0.717, 1.165) is 5.56 Å². The summed E-state index contributed by atoms with van der Waals surface area (Å²) in [5, 5.41) is 0.581. The Bertz CT molecular complexity index is 950. The summed E-state index contributed by atoms with van der Waals surface area (Å²) in [7, 11) is 1.64. The highest BCUT2D eigenvalue weighted by Crippen LogP contribution is 2.21. The molecule has 0 radical (unpaired) electrons. The van der Waals surface area contributed by atoms with Crippen LogP contribution < -0.4 is 0 Å². The molecule has 7 heteroatoms. The zero-order valence-electron chi connectivity index (χ0n) is 12.2. The maximum atomic E-state index is 13.8. The summed E-state index contributed by atoms with van der Waals surface area (Å²) in [4.78, 5) is 19.9. The van der Waals surface area contributed by atoms with Crippen molar-refractivity contribution >= 4 is 40.8 Å². The number of hydrogen-bond acceptors (Lipinski definition) is 2. The van der Waals surface area contributed by atoms with Crippen LogP contribution in [0.25, 0.3) is 11.0 Å². The summed E-state index contributed by atoms with van der Waals surface area (Å²) in [6.45, 7) is 0.321. The average Bonchev–Trinajstić information content (AvgIpc) is 2.88. The largest absolute Gasteiger partial charge is 0.337 e. The minimum atomic E-state index is -0.503. The van der Waals surface area contributed by atoms with E-state index in [1.165, 1.54) is 17.0 Å². The molecule has 2 aromatic carbocycles. The summed E-state index contributed by atoms with van der Waals surface area (Å²) in [6, 6.07) is 9.78. The van der Waals surface area contributed by atoms with Crippen molar-refractivity contribution in [1.29, 1.82) is 0 Å². The Hall–Kier alpha value is -2.18. The molecule has 4 nitrogen and oxygen atoms in total. The number of nitrogens with zero attached hydrogens (tertiary/aromatic N) is 1. The standard InChI is InChI=1S/C16H13ClFN3OS/c1-21(8-9-4-2-3-5-12(9)17)15(22)11-6-10(18)7-13-14(11)20-16(23)19-13/h2-7H,8H2,1H3,(H2,19,20,23). The van der Waals surface area contributed by atoms with Gasteiger partial charge in [-0.25, -0.2) is 4.39 Å². The highest BCUT2D eigenvalue weighted by Gasteiger charge is 2.18. The van der Waals surface area contributed by atoms with Gasteiger partial charge in [0.15, 0.2) is 4.77 Å². The molecule has 1 aromatic heterocycles. The number of hydrogen-bond donors (Lipinski definition) is 2. The number of rotatable bonds is 3. The molecule has 0 aliphatic carbocycles. The van der Waals surface area contributed by atoms with Crippen LogP contribution in [0, 0.1) is 10.6 Å². The third kappa shape index (κ3) is 3.13. The molecule has 0 unspecified atom stereocenters. The Balaban J connectivity index is 1.97. The lowest BCUT2D eigenvalue weighted by Gasteiger charge is -2.18. The number of benzene rings is 2. The van der Waals surface area contributed by atoms with Gasteiger partial charge in [-0.15, -0.1) is 0 Å². The van der Waals surface area contributed by atoms with Crippen molar-refractivity contribution < 1.29 is 9.18 Å². The zero-order chi connectivity index (χ0) is 16.6. The lowest BCUT2D eigenvalue weighted by Crippen LogP contribution is -2.26. The molecule has 0 fully saturated rings. The third-order valence-corrected chi connectivity index (χ3v) is 4.11. The van der Waals surface area contributed by atoms with Crippen molar-refractivity contribution in [2.75, 3.05) is 7.05 Å². The Labute approximate surface area is 141 Å². The topological polar surface area (TPSA) is 51.9 Å². The predicted molar refractivity (Wildman–Crippen MR) is 90.7 cm³/mol. The number of nitrogens with one attached hydrogen (secondary N) is 2. The third-order valence-electron chi connectivity index (χ3n) is 3.53. The molecule has 0 saturated carbocycles. The molecule has 3 aromatic rings. The SMILES string of the molecule is CN(Cc1ccccc1Cl)C(=O)c1cc(F)cc2[nH]c(=S)[nH]c12. The number of aromatic nitrogens is 2. The first kappa shape index (κ1) is 15.7. The van der Waals surface area contributed by atoms with E-state index in [4.69, 9.17) is 23.8 Å². The van der Waals surface area contributed by atoms with Crippen molar-refractivity contribution in [3.05, 3.63) is 63.1 Å². The fourth-order valence-electron chi connectivity index (χ4n) is 2.44. The van der Waals surface area contributed by atoms with Crippen molar-refractivity contribution in [3.63, 3.8) is 0 Å². The number of carbonyl (C=O) groups excluding carboxylic acids is 1. The monoisotopic (exact) mass is 349 g/mol. The van der Waals surface area contributed by atoms with Crippen molar-refractivity contribution in [2.45, 2.75) is 6.54 Å². The lowest BCUT2D eigenvalue weighted by molar-refractivity contribution is 0.0786. The lowest BCUT2D eigenvalue weighted by atomic mass is 10.1. The van der Waals surface area contributed by atoms with Gasteiger partial charge in [-0.05, 0) is 36.0 Å². The van der Waals surface area contributed by atoms with Crippen LogP contribution in [0.1, 0.15) is 15.9 Å². The Kier molecular flexibility index (Phi) is 4.19. The highest BCUT2D eigenvalue weighted by atomic mass is 35.5. The van der Waals surface area contributed by atoms with Crippen LogP contribution in [-0.4, -0.2) is 27.8 Å². The van der Waals surface area contributed by atoms with Crippen LogP contribution in [0.4, 0.5) is 4.39 Å². The van der Waals surface area contributed by atoms with Crippen LogP contribution in [0.5, 0.6) is 0 Å². The van der Waals surface area contributed by atoms with Gasteiger partial charge in [0.05, 0.1) is 16.6 Å². The maximum Gasteiger partial charge on any atom is 0.256 e. The van der Waals surface area contributed by atoms with Gasteiger partial charge in [-0.2, -0.15) is 0 Å². The van der Waals surface area contributed by atoms with E-state index >= 15 is 0 Å². The van der Waals surface area contributed by atoms with Crippen molar-refractivity contribution in [3.8, 4) is 0 Å².